The SMILES string of the molecule is C1OCC(COCC2CO2)O1. The molecule has 0 amide bonds. The van der Waals surface area contributed by atoms with E-state index in [1.54, 1.807) is 0 Å². The van der Waals surface area contributed by atoms with Crippen molar-refractivity contribution < 1.29 is 18.9 Å². The lowest BCUT2D eigenvalue weighted by Crippen LogP contribution is -2.19. The van der Waals surface area contributed by atoms with E-state index in [0.717, 1.165) is 6.61 Å². The molecule has 2 rings (SSSR count). The number of hydrogen-bond donors (Lipinski definition) is 0. The number of epoxide rings is 1. The van der Waals surface area contributed by atoms with Gasteiger partial charge >= 0.3 is 0 Å². The lowest BCUT2D eigenvalue weighted by molar-refractivity contribution is 0.00223. The van der Waals surface area contributed by atoms with Gasteiger partial charge in [-0.3, -0.25) is 0 Å². The van der Waals surface area contributed by atoms with Crippen molar-refractivity contribution in [3.8, 4) is 0 Å². The first-order valence-corrected chi connectivity index (χ1v) is 3.84. The molecule has 2 saturated heterocycles. The van der Waals surface area contributed by atoms with Crippen LogP contribution in [0.2, 0.25) is 0 Å². The highest BCUT2D eigenvalue weighted by atomic mass is 16.7. The predicted molar refractivity (Wildman–Crippen MR) is 36.3 cm³/mol. The minimum absolute atomic E-state index is 0.133. The van der Waals surface area contributed by atoms with E-state index in [1.807, 2.05) is 0 Å². The van der Waals surface area contributed by atoms with Crippen molar-refractivity contribution in [1.82, 2.24) is 0 Å². The summed E-state index contributed by atoms with van der Waals surface area (Å²) in [5.74, 6) is 0. The molecule has 0 bridgehead atoms. The highest BCUT2D eigenvalue weighted by molar-refractivity contribution is 4.68. The molecular weight excluding hydrogens is 148 g/mol. The molecule has 0 aromatic carbocycles. The summed E-state index contributed by atoms with van der Waals surface area (Å²) < 4.78 is 20.5. The largest absolute Gasteiger partial charge is 0.376 e. The van der Waals surface area contributed by atoms with Crippen LogP contribution in [-0.2, 0) is 18.9 Å². The monoisotopic (exact) mass is 160 g/mol. The third kappa shape index (κ3) is 2.41. The van der Waals surface area contributed by atoms with E-state index in [4.69, 9.17) is 18.9 Å². The van der Waals surface area contributed by atoms with E-state index in [9.17, 15) is 0 Å². The van der Waals surface area contributed by atoms with Crippen LogP contribution in [-0.4, -0.2) is 45.4 Å². The average Bonchev–Trinajstić information content (AvgIpc) is 2.66. The Morgan fingerprint density at radius 3 is 2.36 bits per heavy atom. The average molecular weight is 160 g/mol. The lowest BCUT2D eigenvalue weighted by Gasteiger charge is -2.06. The Labute approximate surface area is 65.4 Å². The van der Waals surface area contributed by atoms with E-state index in [1.165, 1.54) is 0 Å². The highest BCUT2D eigenvalue weighted by Crippen LogP contribution is 2.10. The highest BCUT2D eigenvalue weighted by Gasteiger charge is 2.23. The maximum atomic E-state index is 5.31. The van der Waals surface area contributed by atoms with E-state index in [0.29, 0.717) is 32.7 Å². The van der Waals surface area contributed by atoms with E-state index in [-0.39, 0.29) is 6.10 Å². The quantitative estimate of drug-likeness (QED) is 0.533. The van der Waals surface area contributed by atoms with Crippen molar-refractivity contribution >= 4 is 0 Å². The predicted octanol–water partition coefficient (Wildman–Crippen LogP) is -0.225. The van der Waals surface area contributed by atoms with Gasteiger partial charge in [-0.1, -0.05) is 0 Å². The van der Waals surface area contributed by atoms with Crippen molar-refractivity contribution in [2.75, 3.05) is 33.2 Å². The van der Waals surface area contributed by atoms with Crippen LogP contribution in [0.15, 0.2) is 0 Å². The molecule has 0 spiro atoms. The van der Waals surface area contributed by atoms with Gasteiger partial charge in [-0.05, 0) is 0 Å². The van der Waals surface area contributed by atoms with Gasteiger partial charge in [0.15, 0.2) is 0 Å². The van der Waals surface area contributed by atoms with E-state index < -0.39 is 0 Å². The number of rotatable bonds is 4. The zero-order valence-electron chi connectivity index (χ0n) is 6.32. The van der Waals surface area contributed by atoms with Crippen molar-refractivity contribution in [2.45, 2.75) is 12.2 Å². The maximum Gasteiger partial charge on any atom is 0.147 e. The van der Waals surface area contributed by atoms with Crippen LogP contribution in [0, 0.1) is 0 Å². The summed E-state index contributed by atoms with van der Waals surface area (Å²) in [4.78, 5) is 0. The Morgan fingerprint density at radius 2 is 1.82 bits per heavy atom. The fourth-order valence-electron chi connectivity index (χ4n) is 0.963. The smallest absolute Gasteiger partial charge is 0.147 e. The minimum Gasteiger partial charge on any atom is -0.376 e. The van der Waals surface area contributed by atoms with Crippen LogP contribution in [0.3, 0.4) is 0 Å². The third-order valence-corrected chi connectivity index (χ3v) is 1.70. The molecule has 2 fully saturated rings. The summed E-state index contributed by atoms with van der Waals surface area (Å²) in [5.41, 5.74) is 0. The van der Waals surface area contributed by atoms with Crippen LogP contribution < -0.4 is 0 Å². The Hall–Kier alpha value is -0.160. The molecule has 11 heavy (non-hydrogen) atoms. The molecule has 2 atom stereocenters. The second kappa shape index (κ2) is 3.49. The summed E-state index contributed by atoms with van der Waals surface area (Å²) in [7, 11) is 0. The summed E-state index contributed by atoms with van der Waals surface area (Å²) in [5, 5.41) is 0. The molecule has 2 heterocycles. The molecule has 2 aliphatic heterocycles. The first-order valence-electron chi connectivity index (χ1n) is 3.84. The molecule has 0 aromatic rings. The molecule has 64 valence electrons. The number of ether oxygens (including phenoxy) is 4. The van der Waals surface area contributed by atoms with Gasteiger partial charge in [-0.2, -0.15) is 0 Å². The second-order valence-corrected chi connectivity index (χ2v) is 2.77. The van der Waals surface area contributed by atoms with Crippen LogP contribution >= 0.6 is 0 Å². The zero-order valence-corrected chi connectivity index (χ0v) is 6.32. The fraction of sp³-hybridized carbons (Fsp3) is 1.00. The van der Waals surface area contributed by atoms with E-state index >= 15 is 0 Å². The van der Waals surface area contributed by atoms with Gasteiger partial charge in [-0.25, -0.2) is 0 Å². The Balaban J connectivity index is 1.51. The number of hydrogen-bond acceptors (Lipinski definition) is 4. The normalized spacial score (nSPS) is 36.0. The van der Waals surface area contributed by atoms with Crippen molar-refractivity contribution in [3.05, 3.63) is 0 Å². The summed E-state index contributed by atoms with van der Waals surface area (Å²) in [6, 6.07) is 0. The molecule has 0 aromatic heterocycles. The van der Waals surface area contributed by atoms with Gasteiger partial charge in [0, 0.05) is 0 Å². The van der Waals surface area contributed by atoms with Crippen LogP contribution in [0.4, 0.5) is 0 Å². The Morgan fingerprint density at radius 1 is 1.09 bits per heavy atom. The molecule has 0 N–H and O–H groups in total. The van der Waals surface area contributed by atoms with Gasteiger partial charge in [-0.15, -0.1) is 0 Å². The topological polar surface area (TPSA) is 40.2 Å². The van der Waals surface area contributed by atoms with Crippen LogP contribution in [0.25, 0.3) is 0 Å². The fourth-order valence-corrected chi connectivity index (χ4v) is 0.963. The third-order valence-electron chi connectivity index (χ3n) is 1.70. The first-order chi connectivity index (χ1) is 5.45. The summed E-state index contributed by atoms with van der Waals surface area (Å²) >= 11 is 0. The van der Waals surface area contributed by atoms with Crippen molar-refractivity contribution in [2.24, 2.45) is 0 Å². The zero-order chi connectivity index (χ0) is 7.52. The maximum absolute atomic E-state index is 5.31. The molecule has 4 nitrogen and oxygen atoms in total. The second-order valence-electron chi connectivity index (χ2n) is 2.77. The molecule has 0 saturated carbocycles. The Bertz CT molecular complexity index is 118. The molecule has 2 aliphatic rings. The lowest BCUT2D eigenvalue weighted by atomic mass is 10.4. The molecular formula is C7H12O4. The Kier molecular flexibility index (Phi) is 2.38. The van der Waals surface area contributed by atoms with E-state index in [2.05, 4.69) is 0 Å². The van der Waals surface area contributed by atoms with Gasteiger partial charge in [0.25, 0.3) is 0 Å². The summed E-state index contributed by atoms with van der Waals surface area (Å²) in [6.07, 6.45) is 0.478. The molecule has 4 heteroatoms. The first kappa shape index (κ1) is 7.49. The van der Waals surface area contributed by atoms with Gasteiger partial charge in [0.05, 0.1) is 26.4 Å². The molecule has 0 aliphatic carbocycles. The van der Waals surface area contributed by atoms with Gasteiger partial charge < -0.3 is 18.9 Å². The summed E-state index contributed by atoms with van der Waals surface area (Å²) in [6.45, 7) is 3.24. The van der Waals surface area contributed by atoms with Gasteiger partial charge in [0.2, 0.25) is 0 Å². The molecule has 2 unspecified atom stereocenters. The van der Waals surface area contributed by atoms with Crippen LogP contribution in [0.5, 0.6) is 0 Å². The standard InChI is InChI=1S/C7H12O4/c1(6-3-9-5-11-6)8-2-7-4-10-7/h6-7H,1-5H2. The van der Waals surface area contributed by atoms with Crippen molar-refractivity contribution in [3.63, 3.8) is 0 Å². The van der Waals surface area contributed by atoms with Gasteiger partial charge in [0.1, 0.15) is 19.0 Å². The van der Waals surface area contributed by atoms with Crippen LogP contribution in [0.1, 0.15) is 0 Å². The minimum atomic E-state index is 0.133. The molecule has 0 radical (unpaired) electrons. The van der Waals surface area contributed by atoms with Crippen molar-refractivity contribution in [1.29, 1.82) is 0 Å².